The van der Waals surface area contributed by atoms with Gasteiger partial charge >= 0.3 is 0 Å². The fraction of sp³-hybridized carbons (Fsp3) is 0.250. The Labute approximate surface area is 132 Å². The summed E-state index contributed by atoms with van der Waals surface area (Å²) in [5, 5.41) is 1.52. The number of benzene rings is 2. The van der Waals surface area contributed by atoms with Gasteiger partial charge in [0.1, 0.15) is 0 Å². The summed E-state index contributed by atoms with van der Waals surface area (Å²) in [7, 11) is 0. The van der Waals surface area contributed by atoms with E-state index in [1.165, 1.54) is 5.56 Å². The van der Waals surface area contributed by atoms with Gasteiger partial charge in [0, 0.05) is 14.9 Å². The highest BCUT2D eigenvalue weighted by atomic mass is 79.9. The minimum atomic E-state index is 0.384. The van der Waals surface area contributed by atoms with E-state index in [0.717, 1.165) is 34.9 Å². The Morgan fingerprint density at radius 2 is 1.53 bits per heavy atom. The summed E-state index contributed by atoms with van der Waals surface area (Å²) < 4.78 is 0. The first-order valence-electron chi connectivity index (χ1n) is 6.30. The Morgan fingerprint density at radius 1 is 0.895 bits per heavy atom. The van der Waals surface area contributed by atoms with E-state index in [9.17, 15) is 0 Å². The fourth-order valence-electron chi connectivity index (χ4n) is 2.06. The zero-order valence-electron chi connectivity index (χ0n) is 10.5. The highest BCUT2D eigenvalue weighted by molar-refractivity contribution is 9.09. The number of hydrogen-bond donors (Lipinski definition) is 0. The van der Waals surface area contributed by atoms with Crippen molar-refractivity contribution in [2.45, 2.75) is 24.1 Å². The topological polar surface area (TPSA) is 0 Å². The quantitative estimate of drug-likeness (QED) is 0.539. The van der Waals surface area contributed by atoms with Gasteiger partial charge in [0.05, 0.1) is 0 Å². The summed E-state index contributed by atoms with van der Waals surface area (Å²) >= 11 is 16.1. The third-order valence-corrected chi connectivity index (χ3v) is 4.80. The molecule has 0 aromatic heterocycles. The van der Waals surface area contributed by atoms with Crippen molar-refractivity contribution in [2.24, 2.45) is 0 Å². The van der Waals surface area contributed by atoms with Crippen LogP contribution in [0.5, 0.6) is 0 Å². The second-order valence-corrected chi connectivity index (χ2v) is 6.39. The Kier molecular flexibility index (Phi) is 5.75. The van der Waals surface area contributed by atoms with E-state index in [2.05, 4.69) is 40.2 Å². The molecule has 2 rings (SSSR count). The largest absolute Gasteiger partial charge is 0.0840 e. The van der Waals surface area contributed by atoms with Crippen molar-refractivity contribution in [2.75, 3.05) is 0 Å². The Bertz CT molecular complexity index is 505. The van der Waals surface area contributed by atoms with E-state index in [1.807, 2.05) is 24.3 Å². The molecule has 0 N–H and O–H groups in total. The second kappa shape index (κ2) is 7.33. The lowest BCUT2D eigenvalue weighted by molar-refractivity contribution is 0.730. The molecule has 0 nitrogen and oxygen atoms in total. The number of rotatable bonds is 5. The molecule has 0 aliphatic heterocycles. The molecular formula is C16H15BrCl2. The molecule has 0 radical (unpaired) electrons. The molecule has 1 unspecified atom stereocenters. The van der Waals surface area contributed by atoms with E-state index in [1.54, 1.807) is 0 Å². The molecule has 19 heavy (non-hydrogen) atoms. The fourth-order valence-corrected chi connectivity index (χ4v) is 3.27. The number of alkyl halides is 1. The first kappa shape index (κ1) is 14.9. The molecule has 1 atom stereocenters. The van der Waals surface area contributed by atoms with E-state index >= 15 is 0 Å². The molecule has 0 heterocycles. The van der Waals surface area contributed by atoms with Gasteiger partial charge in [-0.25, -0.2) is 0 Å². The molecular weight excluding hydrogens is 343 g/mol. The molecule has 0 aliphatic rings. The molecule has 0 aliphatic carbocycles. The third kappa shape index (κ3) is 4.24. The van der Waals surface area contributed by atoms with Gasteiger partial charge in [-0.15, -0.1) is 0 Å². The lowest BCUT2D eigenvalue weighted by Crippen LogP contribution is -1.93. The molecule has 0 spiro atoms. The number of hydrogen-bond acceptors (Lipinski definition) is 0. The van der Waals surface area contributed by atoms with Gasteiger partial charge in [0.25, 0.3) is 0 Å². The first-order chi connectivity index (χ1) is 9.18. The van der Waals surface area contributed by atoms with Crippen LogP contribution in [0.25, 0.3) is 0 Å². The molecule has 3 heteroatoms. The van der Waals surface area contributed by atoms with Crippen LogP contribution >= 0.6 is 39.1 Å². The highest BCUT2D eigenvalue weighted by Crippen LogP contribution is 2.30. The molecule has 0 bridgehead atoms. The van der Waals surface area contributed by atoms with Crippen molar-refractivity contribution in [1.29, 1.82) is 0 Å². The van der Waals surface area contributed by atoms with Gasteiger partial charge in [0.2, 0.25) is 0 Å². The smallest absolute Gasteiger partial charge is 0.0452 e. The molecule has 2 aromatic carbocycles. The summed E-state index contributed by atoms with van der Waals surface area (Å²) in [5.41, 5.74) is 2.37. The third-order valence-electron chi connectivity index (χ3n) is 3.11. The average Bonchev–Trinajstić information content (AvgIpc) is 2.43. The van der Waals surface area contributed by atoms with Crippen molar-refractivity contribution >= 4 is 39.1 Å². The van der Waals surface area contributed by atoms with Gasteiger partial charge in [0.15, 0.2) is 0 Å². The van der Waals surface area contributed by atoms with Crippen molar-refractivity contribution in [1.82, 2.24) is 0 Å². The van der Waals surface area contributed by atoms with E-state index in [4.69, 9.17) is 23.2 Å². The van der Waals surface area contributed by atoms with Gasteiger partial charge in [-0.3, -0.25) is 0 Å². The second-order valence-electron chi connectivity index (χ2n) is 4.47. The SMILES string of the molecule is Clc1cccc(Cl)c1CCCC(Br)c1ccccc1. The molecule has 0 amide bonds. The predicted molar refractivity (Wildman–Crippen MR) is 87.5 cm³/mol. The normalized spacial score (nSPS) is 12.4. The van der Waals surface area contributed by atoms with E-state index in [-0.39, 0.29) is 0 Å². The van der Waals surface area contributed by atoms with Gasteiger partial charge in [-0.05, 0) is 42.5 Å². The minimum absolute atomic E-state index is 0.384. The van der Waals surface area contributed by atoms with Gasteiger partial charge in [-0.2, -0.15) is 0 Å². The van der Waals surface area contributed by atoms with Crippen molar-refractivity contribution in [3.05, 3.63) is 69.7 Å². The number of halogens is 3. The van der Waals surface area contributed by atoms with E-state index < -0.39 is 0 Å². The maximum Gasteiger partial charge on any atom is 0.0452 e. The van der Waals surface area contributed by atoms with Gasteiger partial charge in [-0.1, -0.05) is 75.5 Å². The van der Waals surface area contributed by atoms with Crippen LogP contribution in [0.15, 0.2) is 48.5 Å². The maximum atomic E-state index is 6.17. The predicted octanol–water partition coefficient (Wildman–Crippen LogP) is 6.45. The molecule has 0 fully saturated rings. The average molecular weight is 358 g/mol. The van der Waals surface area contributed by atoms with E-state index in [0.29, 0.717) is 4.83 Å². The van der Waals surface area contributed by atoms with Crippen molar-refractivity contribution in [3.8, 4) is 0 Å². The summed E-state index contributed by atoms with van der Waals surface area (Å²) in [4.78, 5) is 0.384. The minimum Gasteiger partial charge on any atom is -0.0840 e. The summed E-state index contributed by atoms with van der Waals surface area (Å²) in [5.74, 6) is 0. The Balaban J connectivity index is 1.90. The first-order valence-corrected chi connectivity index (χ1v) is 7.97. The Morgan fingerprint density at radius 3 is 2.16 bits per heavy atom. The van der Waals surface area contributed by atoms with Crippen molar-refractivity contribution in [3.63, 3.8) is 0 Å². The van der Waals surface area contributed by atoms with Crippen molar-refractivity contribution < 1.29 is 0 Å². The lowest BCUT2D eigenvalue weighted by atomic mass is 10.0. The zero-order chi connectivity index (χ0) is 13.7. The van der Waals surface area contributed by atoms with Crippen LogP contribution in [0.2, 0.25) is 10.0 Å². The van der Waals surface area contributed by atoms with Crippen LogP contribution in [0.4, 0.5) is 0 Å². The van der Waals surface area contributed by atoms with Crippen LogP contribution in [-0.4, -0.2) is 0 Å². The zero-order valence-corrected chi connectivity index (χ0v) is 13.5. The lowest BCUT2D eigenvalue weighted by Gasteiger charge is -2.11. The summed E-state index contributed by atoms with van der Waals surface area (Å²) in [6, 6.07) is 16.1. The van der Waals surface area contributed by atoms with Crippen LogP contribution < -0.4 is 0 Å². The molecule has 2 aromatic rings. The van der Waals surface area contributed by atoms with Gasteiger partial charge < -0.3 is 0 Å². The summed E-state index contributed by atoms with van der Waals surface area (Å²) in [6.45, 7) is 0. The molecule has 100 valence electrons. The van der Waals surface area contributed by atoms with Crippen LogP contribution in [-0.2, 0) is 6.42 Å². The maximum absolute atomic E-state index is 6.17. The highest BCUT2D eigenvalue weighted by Gasteiger charge is 2.09. The monoisotopic (exact) mass is 356 g/mol. The molecule has 0 saturated heterocycles. The Hall–Kier alpha value is -0.500. The van der Waals surface area contributed by atoms with Crippen LogP contribution in [0.3, 0.4) is 0 Å². The standard InChI is InChI=1S/C16H15BrCl2/c17-14(12-6-2-1-3-7-12)9-4-8-13-15(18)10-5-11-16(13)19/h1-3,5-7,10-11,14H,4,8-9H2. The van der Waals surface area contributed by atoms with Crippen LogP contribution in [0, 0.1) is 0 Å². The van der Waals surface area contributed by atoms with Crippen LogP contribution in [0.1, 0.15) is 28.8 Å². The molecule has 0 saturated carbocycles. The summed E-state index contributed by atoms with van der Waals surface area (Å²) in [6.07, 6.45) is 3.02.